The largest absolute Gasteiger partial charge is 0.497 e. The third-order valence-corrected chi connectivity index (χ3v) is 9.59. The smallest absolute Gasteiger partial charge is 0.119 e. The first kappa shape index (κ1) is 30.0. The number of piperidine rings is 3. The SMILES string of the molecule is C=C[C@H]1C[N@]2CC[C@H]1C[C@H]2[C@H](O)c1ccnc2ccc(OC)cc12.CC(Cc1ccccc1)C(C)Cc1ccccc1. The Kier molecular flexibility index (Phi) is 10.1. The lowest BCUT2D eigenvalue weighted by Gasteiger charge is -2.50. The number of rotatable bonds is 9. The zero-order valence-electron chi connectivity index (χ0n) is 25.4. The van der Waals surface area contributed by atoms with Crippen LogP contribution in [-0.2, 0) is 12.8 Å². The fourth-order valence-electron chi connectivity index (χ4n) is 6.82. The molecule has 7 atom stereocenters. The van der Waals surface area contributed by atoms with Gasteiger partial charge in [-0.15, -0.1) is 6.58 Å². The summed E-state index contributed by atoms with van der Waals surface area (Å²) in [5.74, 6) is 3.44. The maximum atomic E-state index is 11.2. The second-order valence-corrected chi connectivity index (χ2v) is 12.3. The Morgan fingerprint density at radius 3 is 2.14 bits per heavy atom. The summed E-state index contributed by atoms with van der Waals surface area (Å²) in [7, 11) is 1.66. The number of methoxy groups -OCH3 is 1. The van der Waals surface area contributed by atoms with Crippen molar-refractivity contribution in [2.24, 2.45) is 23.7 Å². The number of hydrogen-bond donors (Lipinski definition) is 1. The van der Waals surface area contributed by atoms with Crippen LogP contribution in [0.4, 0.5) is 0 Å². The second kappa shape index (κ2) is 14.1. The van der Waals surface area contributed by atoms with E-state index in [1.54, 1.807) is 13.3 Å². The van der Waals surface area contributed by atoms with Gasteiger partial charge in [0.1, 0.15) is 5.75 Å². The third-order valence-electron chi connectivity index (χ3n) is 9.59. The third kappa shape index (κ3) is 7.11. The lowest BCUT2D eigenvalue weighted by atomic mass is 9.73. The van der Waals surface area contributed by atoms with Gasteiger partial charge >= 0.3 is 0 Å². The maximum Gasteiger partial charge on any atom is 0.119 e. The van der Waals surface area contributed by atoms with Crippen molar-refractivity contribution in [3.05, 3.63) is 120 Å². The molecule has 3 aromatic carbocycles. The highest BCUT2D eigenvalue weighted by atomic mass is 16.5. The molecule has 1 aromatic heterocycles. The molecule has 1 N–H and O–H groups in total. The summed E-state index contributed by atoms with van der Waals surface area (Å²) < 4.78 is 5.35. The minimum atomic E-state index is -0.504. The van der Waals surface area contributed by atoms with E-state index in [1.165, 1.54) is 30.4 Å². The first-order valence-corrected chi connectivity index (χ1v) is 15.5. The van der Waals surface area contributed by atoms with Gasteiger partial charge in [-0.2, -0.15) is 0 Å². The minimum absolute atomic E-state index is 0.178. The van der Waals surface area contributed by atoms with E-state index < -0.39 is 6.10 Å². The summed E-state index contributed by atoms with van der Waals surface area (Å²) >= 11 is 0. The first-order chi connectivity index (χ1) is 20.5. The number of nitrogens with zero attached hydrogens (tertiary/aromatic N) is 2. The molecule has 3 fully saturated rings. The Morgan fingerprint density at radius 1 is 0.952 bits per heavy atom. The summed E-state index contributed by atoms with van der Waals surface area (Å²) in [4.78, 5) is 6.86. The van der Waals surface area contributed by atoms with E-state index in [1.807, 2.05) is 24.3 Å². The summed E-state index contributed by atoms with van der Waals surface area (Å²) in [5, 5.41) is 12.1. The van der Waals surface area contributed by atoms with Gasteiger partial charge in [0.2, 0.25) is 0 Å². The number of ether oxygens (including phenoxy) is 1. The Bertz CT molecular complexity index is 1380. The molecule has 4 nitrogen and oxygen atoms in total. The number of pyridine rings is 1. The van der Waals surface area contributed by atoms with Crippen LogP contribution in [0.5, 0.6) is 5.75 Å². The van der Waals surface area contributed by atoms with Crippen LogP contribution < -0.4 is 4.74 Å². The zero-order chi connectivity index (χ0) is 29.5. The molecule has 4 heteroatoms. The van der Waals surface area contributed by atoms with Crippen LogP contribution >= 0.6 is 0 Å². The number of aliphatic hydroxyl groups is 1. The maximum absolute atomic E-state index is 11.2. The van der Waals surface area contributed by atoms with Crippen molar-refractivity contribution < 1.29 is 9.84 Å². The van der Waals surface area contributed by atoms with Crippen molar-refractivity contribution in [1.82, 2.24) is 9.88 Å². The quantitative estimate of drug-likeness (QED) is 0.211. The van der Waals surface area contributed by atoms with Crippen LogP contribution in [0.15, 0.2) is 104 Å². The molecule has 4 aromatic rings. The Morgan fingerprint density at radius 2 is 1.60 bits per heavy atom. The molecule has 3 saturated heterocycles. The van der Waals surface area contributed by atoms with Crippen molar-refractivity contribution in [1.29, 1.82) is 0 Å². The molecule has 0 radical (unpaired) electrons. The molecule has 0 saturated carbocycles. The lowest BCUT2D eigenvalue weighted by Crippen LogP contribution is -2.54. The number of fused-ring (bicyclic) bond motifs is 4. The lowest BCUT2D eigenvalue weighted by molar-refractivity contribution is -0.0444. The normalized spacial score (nSPS) is 23.3. The summed E-state index contributed by atoms with van der Waals surface area (Å²) in [6.07, 6.45) is 7.97. The van der Waals surface area contributed by atoms with Crippen LogP contribution in [0, 0.1) is 23.7 Å². The highest BCUT2D eigenvalue weighted by Gasteiger charge is 2.42. The van der Waals surface area contributed by atoms with Gasteiger partial charge in [-0.3, -0.25) is 9.88 Å². The van der Waals surface area contributed by atoms with Crippen molar-refractivity contribution in [2.75, 3.05) is 20.2 Å². The molecule has 0 spiro atoms. The Hall–Kier alpha value is -3.47. The molecular weight excluding hydrogens is 516 g/mol. The Labute approximate surface area is 252 Å². The molecular formula is C38H46N2O2. The predicted octanol–water partition coefficient (Wildman–Crippen LogP) is 7.92. The van der Waals surface area contributed by atoms with Crippen molar-refractivity contribution in [2.45, 2.75) is 51.7 Å². The summed E-state index contributed by atoms with van der Waals surface area (Å²) in [5.41, 5.74) is 4.74. The monoisotopic (exact) mass is 562 g/mol. The van der Waals surface area contributed by atoms with E-state index in [2.05, 4.69) is 97.0 Å². The molecule has 3 aliphatic heterocycles. The molecule has 42 heavy (non-hydrogen) atoms. The average Bonchev–Trinajstić information content (AvgIpc) is 3.05. The van der Waals surface area contributed by atoms with E-state index in [9.17, 15) is 5.11 Å². The molecule has 2 bridgehead atoms. The van der Waals surface area contributed by atoms with Gasteiger partial charge < -0.3 is 9.84 Å². The van der Waals surface area contributed by atoms with Crippen LogP contribution in [0.3, 0.4) is 0 Å². The second-order valence-electron chi connectivity index (χ2n) is 12.3. The van der Waals surface area contributed by atoms with E-state index >= 15 is 0 Å². The van der Waals surface area contributed by atoms with E-state index in [4.69, 9.17) is 4.74 Å². The average molecular weight is 563 g/mol. The molecule has 0 amide bonds. The van der Waals surface area contributed by atoms with Crippen LogP contribution in [0.1, 0.15) is 49.5 Å². The van der Waals surface area contributed by atoms with Gasteiger partial charge in [-0.1, -0.05) is 80.6 Å². The molecule has 0 aliphatic carbocycles. The van der Waals surface area contributed by atoms with Crippen molar-refractivity contribution >= 4 is 10.9 Å². The number of aromatic nitrogens is 1. The number of benzene rings is 3. The van der Waals surface area contributed by atoms with Crippen LogP contribution in [0.25, 0.3) is 10.9 Å². The van der Waals surface area contributed by atoms with Gasteiger partial charge in [0, 0.05) is 24.2 Å². The highest BCUT2D eigenvalue weighted by Crippen LogP contribution is 2.42. The van der Waals surface area contributed by atoms with Crippen LogP contribution in [0.2, 0.25) is 0 Å². The Balaban J connectivity index is 0.000000176. The molecule has 7 rings (SSSR count). The fraction of sp³-hybridized carbons (Fsp3) is 0.395. The van der Waals surface area contributed by atoms with E-state index in [0.717, 1.165) is 41.7 Å². The summed E-state index contributed by atoms with van der Waals surface area (Å²) in [6, 6.07) is 29.6. The molecule has 2 unspecified atom stereocenters. The molecule has 3 aliphatic rings. The van der Waals surface area contributed by atoms with Gasteiger partial charge in [0.15, 0.2) is 0 Å². The van der Waals surface area contributed by atoms with Gasteiger partial charge in [-0.05, 0) is 96.9 Å². The fourth-order valence-corrected chi connectivity index (χ4v) is 6.82. The zero-order valence-corrected chi connectivity index (χ0v) is 25.4. The van der Waals surface area contributed by atoms with Gasteiger partial charge in [0.25, 0.3) is 0 Å². The number of aliphatic hydroxyl groups excluding tert-OH is 1. The predicted molar refractivity (Wildman–Crippen MR) is 174 cm³/mol. The van der Waals surface area contributed by atoms with E-state index in [-0.39, 0.29) is 6.04 Å². The van der Waals surface area contributed by atoms with Gasteiger partial charge in [-0.25, -0.2) is 0 Å². The summed E-state index contributed by atoms with van der Waals surface area (Å²) in [6.45, 7) is 10.8. The minimum Gasteiger partial charge on any atom is -0.497 e. The molecule has 4 heterocycles. The van der Waals surface area contributed by atoms with Crippen molar-refractivity contribution in [3.63, 3.8) is 0 Å². The first-order valence-electron chi connectivity index (χ1n) is 15.5. The van der Waals surface area contributed by atoms with Crippen LogP contribution in [-0.4, -0.2) is 41.2 Å². The standard InChI is InChI=1S/C20H24N2O2.C18H22/c1-3-13-12-22-9-7-14(13)10-19(22)20(23)16-6-8-21-18-5-4-15(24-2)11-17(16)18;1-15(13-17-9-5-3-6-10-17)16(2)14-18-11-7-4-8-12-18/h3-6,8,11,13-14,19-20,23H,1,7,9-10,12H2,2H3;3-12,15-16H,13-14H2,1-2H3/t13-,14-,19-,20+;/m0./s1. The number of hydrogen-bond acceptors (Lipinski definition) is 4. The van der Waals surface area contributed by atoms with Gasteiger partial charge in [0.05, 0.1) is 18.7 Å². The van der Waals surface area contributed by atoms with Crippen molar-refractivity contribution in [3.8, 4) is 5.75 Å². The topological polar surface area (TPSA) is 45.6 Å². The molecule has 220 valence electrons. The highest BCUT2D eigenvalue weighted by molar-refractivity contribution is 5.84. The van der Waals surface area contributed by atoms with E-state index in [0.29, 0.717) is 23.7 Å².